The van der Waals surface area contributed by atoms with Gasteiger partial charge in [0.2, 0.25) is 11.7 Å². The van der Waals surface area contributed by atoms with Gasteiger partial charge in [-0.25, -0.2) is 4.98 Å². The first-order valence-electron chi connectivity index (χ1n) is 7.83. The molecule has 7 nitrogen and oxygen atoms in total. The fourth-order valence-electron chi connectivity index (χ4n) is 2.83. The summed E-state index contributed by atoms with van der Waals surface area (Å²) in [6, 6.07) is 7.77. The van der Waals surface area contributed by atoms with Crippen molar-refractivity contribution >= 4 is 28.3 Å². The average Bonchev–Trinajstić information content (AvgIpc) is 3.10. The van der Waals surface area contributed by atoms with Gasteiger partial charge in [-0.3, -0.25) is 0 Å². The molecule has 1 aliphatic heterocycles. The van der Waals surface area contributed by atoms with Gasteiger partial charge < -0.3 is 20.5 Å². The number of nitrogens with one attached hydrogen (secondary N) is 1. The van der Waals surface area contributed by atoms with Gasteiger partial charge in [-0.05, 0) is 24.3 Å². The lowest BCUT2D eigenvalue weighted by atomic mass is 10.1. The minimum absolute atomic E-state index is 0.224. The number of rotatable bonds is 3. The van der Waals surface area contributed by atoms with E-state index < -0.39 is 0 Å². The highest BCUT2D eigenvalue weighted by molar-refractivity contribution is 6.33. The lowest BCUT2D eigenvalue weighted by Gasteiger charge is -2.29. The molecular weight excluding hydrogens is 328 g/mol. The van der Waals surface area contributed by atoms with E-state index in [0.29, 0.717) is 16.7 Å². The molecule has 0 spiro atoms. The van der Waals surface area contributed by atoms with Gasteiger partial charge in [-0.1, -0.05) is 16.8 Å². The zero-order valence-corrected chi connectivity index (χ0v) is 13.8. The van der Waals surface area contributed by atoms with Crippen LogP contribution in [0.2, 0.25) is 5.02 Å². The number of benzene rings is 1. The number of hydrogen-bond donors (Lipinski definition) is 2. The van der Waals surface area contributed by atoms with Crippen molar-refractivity contribution in [3.8, 4) is 11.4 Å². The van der Waals surface area contributed by atoms with Crippen LogP contribution in [0.5, 0.6) is 0 Å². The summed E-state index contributed by atoms with van der Waals surface area (Å²) >= 11 is 6.47. The SMILES string of the molecule is NCc1nc(-c2ccc3nc(N4CCNCC4)c(Cl)cc3c2)no1. The summed E-state index contributed by atoms with van der Waals surface area (Å²) in [7, 11) is 0. The normalized spacial score (nSPS) is 15.2. The van der Waals surface area contributed by atoms with E-state index in [1.807, 2.05) is 24.3 Å². The molecule has 0 unspecified atom stereocenters. The van der Waals surface area contributed by atoms with E-state index in [-0.39, 0.29) is 6.54 Å². The summed E-state index contributed by atoms with van der Waals surface area (Å²) in [5.41, 5.74) is 7.24. The number of hydrogen-bond acceptors (Lipinski definition) is 7. The molecule has 124 valence electrons. The van der Waals surface area contributed by atoms with Crippen molar-refractivity contribution in [2.45, 2.75) is 6.54 Å². The lowest BCUT2D eigenvalue weighted by molar-refractivity contribution is 0.380. The third kappa shape index (κ3) is 2.82. The second-order valence-electron chi connectivity index (χ2n) is 5.65. The number of fused-ring (bicyclic) bond motifs is 1. The van der Waals surface area contributed by atoms with E-state index in [4.69, 9.17) is 26.8 Å². The second kappa shape index (κ2) is 6.35. The predicted molar refractivity (Wildman–Crippen MR) is 93.0 cm³/mol. The van der Waals surface area contributed by atoms with E-state index in [1.165, 1.54) is 0 Å². The number of nitrogens with two attached hydrogens (primary N) is 1. The third-order valence-corrected chi connectivity index (χ3v) is 4.35. The molecule has 3 heterocycles. The summed E-state index contributed by atoms with van der Waals surface area (Å²) in [6.07, 6.45) is 0. The molecule has 0 radical (unpaired) electrons. The number of nitrogens with zero attached hydrogens (tertiary/aromatic N) is 4. The minimum atomic E-state index is 0.224. The molecule has 1 saturated heterocycles. The lowest BCUT2D eigenvalue weighted by Crippen LogP contribution is -2.44. The first-order chi connectivity index (χ1) is 11.7. The maximum atomic E-state index is 6.47. The Morgan fingerprint density at radius 1 is 1.21 bits per heavy atom. The summed E-state index contributed by atoms with van der Waals surface area (Å²) in [4.78, 5) is 11.2. The van der Waals surface area contributed by atoms with Crippen LogP contribution < -0.4 is 16.0 Å². The molecule has 2 aromatic heterocycles. The highest BCUT2D eigenvalue weighted by Crippen LogP contribution is 2.30. The molecule has 3 N–H and O–H groups in total. The molecule has 24 heavy (non-hydrogen) atoms. The standard InChI is InChI=1S/C16H17ClN6O/c17-12-8-11-7-10(15-21-14(9-18)24-22-15)1-2-13(11)20-16(12)23-5-3-19-4-6-23/h1-2,7-8,19H,3-6,9,18H2. The molecule has 1 aromatic carbocycles. The molecule has 0 amide bonds. The molecule has 0 bridgehead atoms. The van der Waals surface area contributed by atoms with E-state index >= 15 is 0 Å². The number of aromatic nitrogens is 3. The monoisotopic (exact) mass is 344 g/mol. The summed E-state index contributed by atoms with van der Waals surface area (Å²) in [5, 5.41) is 8.86. The van der Waals surface area contributed by atoms with Crippen molar-refractivity contribution in [3.05, 3.63) is 35.2 Å². The fraction of sp³-hybridized carbons (Fsp3) is 0.312. The van der Waals surface area contributed by atoms with Crippen LogP contribution in [0.25, 0.3) is 22.3 Å². The molecule has 0 atom stereocenters. The van der Waals surface area contributed by atoms with Crippen molar-refractivity contribution < 1.29 is 4.52 Å². The number of halogens is 1. The van der Waals surface area contributed by atoms with Crippen molar-refractivity contribution in [3.63, 3.8) is 0 Å². The van der Waals surface area contributed by atoms with Gasteiger partial charge in [-0.2, -0.15) is 4.98 Å². The predicted octanol–water partition coefficient (Wildman–Crippen LogP) is 1.81. The topological polar surface area (TPSA) is 93.1 Å². The summed E-state index contributed by atoms with van der Waals surface area (Å²) in [5.74, 6) is 1.76. The van der Waals surface area contributed by atoms with Crippen LogP contribution in [0, 0.1) is 0 Å². The Bertz CT molecular complexity index is 874. The van der Waals surface area contributed by atoms with Crippen LogP contribution in [0.3, 0.4) is 0 Å². The fourth-order valence-corrected chi connectivity index (χ4v) is 3.11. The van der Waals surface area contributed by atoms with Crippen molar-refractivity contribution in [2.75, 3.05) is 31.1 Å². The van der Waals surface area contributed by atoms with Gasteiger partial charge in [0.25, 0.3) is 0 Å². The molecule has 1 aliphatic rings. The van der Waals surface area contributed by atoms with E-state index in [0.717, 1.165) is 48.5 Å². The van der Waals surface area contributed by atoms with E-state index in [2.05, 4.69) is 20.4 Å². The van der Waals surface area contributed by atoms with Gasteiger partial charge in [0, 0.05) is 37.1 Å². The van der Waals surface area contributed by atoms with Gasteiger partial charge in [-0.15, -0.1) is 0 Å². The van der Waals surface area contributed by atoms with Crippen LogP contribution in [-0.2, 0) is 6.54 Å². The summed E-state index contributed by atoms with van der Waals surface area (Å²) in [6.45, 7) is 3.91. The average molecular weight is 345 g/mol. The van der Waals surface area contributed by atoms with E-state index in [9.17, 15) is 0 Å². The summed E-state index contributed by atoms with van der Waals surface area (Å²) < 4.78 is 5.06. The second-order valence-corrected chi connectivity index (χ2v) is 6.06. The molecule has 3 aromatic rings. The highest BCUT2D eigenvalue weighted by Gasteiger charge is 2.16. The molecule has 0 aliphatic carbocycles. The Morgan fingerprint density at radius 2 is 2.04 bits per heavy atom. The quantitative estimate of drug-likeness (QED) is 0.748. The molecule has 0 saturated carbocycles. The van der Waals surface area contributed by atoms with E-state index in [1.54, 1.807) is 0 Å². The molecule has 4 rings (SSSR count). The first-order valence-corrected chi connectivity index (χ1v) is 8.21. The Labute approximate surface area is 143 Å². The third-order valence-electron chi connectivity index (χ3n) is 4.07. The Morgan fingerprint density at radius 3 is 2.79 bits per heavy atom. The molecular formula is C16H17ClN6O. The Kier molecular flexibility index (Phi) is 4.05. The molecule has 8 heteroatoms. The van der Waals surface area contributed by atoms with Gasteiger partial charge in [0.1, 0.15) is 5.82 Å². The number of anilines is 1. The van der Waals surface area contributed by atoms with Crippen molar-refractivity contribution in [1.82, 2.24) is 20.4 Å². The van der Waals surface area contributed by atoms with Crippen molar-refractivity contribution in [1.29, 1.82) is 0 Å². The smallest absolute Gasteiger partial charge is 0.240 e. The highest BCUT2D eigenvalue weighted by atomic mass is 35.5. The van der Waals surface area contributed by atoms with Gasteiger partial charge >= 0.3 is 0 Å². The minimum Gasteiger partial charge on any atom is -0.353 e. The zero-order chi connectivity index (χ0) is 16.5. The van der Waals surface area contributed by atoms with Gasteiger partial charge in [0.15, 0.2) is 0 Å². The van der Waals surface area contributed by atoms with Crippen molar-refractivity contribution in [2.24, 2.45) is 5.73 Å². The van der Waals surface area contributed by atoms with Crippen LogP contribution in [-0.4, -0.2) is 41.3 Å². The van der Waals surface area contributed by atoms with Crippen LogP contribution >= 0.6 is 11.6 Å². The van der Waals surface area contributed by atoms with Gasteiger partial charge in [0.05, 0.1) is 17.1 Å². The Hall–Kier alpha value is -2.22. The number of piperazine rings is 1. The maximum absolute atomic E-state index is 6.47. The zero-order valence-electron chi connectivity index (χ0n) is 13.0. The number of pyridine rings is 1. The Balaban J connectivity index is 1.72. The first kappa shape index (κ1) is 15.3. The van der Waals surface area contributed by atoms with Crippen LogP contribution in [0.4, 0.5) is 5.82 Å². The van der Waals surface area contributed by atoms with Crippen LogP contribution in [0.1, 0.15) is 5.89 Å². The maximum Gasteiger partial charge on any atom is 0.240 e. The largest absolute Gasteiger partial charge is 0.353 e. The molecule has 1 fully saturated rings. The van der Waals surface area contributed by atoms with Crippen LogP contribution in [0.15, 0.2) is 28.8 Å².